The summed E-state index contributed by atoms with van der Waals surface area (Å²) in [5.74, 6) is 1.77. The third-order valence-corrected chi connectivity index (χ3v) is 4.30. The normalized spacial score (nSPS) is 9.97. The van der Waals surface area contributed by atoms with E-state index in [1.54, 1.807) is 0 Å². The summed E-state index contributed by atoms with van der Waals surface area (Å²) in [6, 6.07) is 3.28. The molecule has 0 bridgehead atoms. The van der Waals surface area contributed by atoms with E-state index in [9.17, 15) is 0 Å². The lowest BCUT2D eigenvalue weighted by Gasteiger charge is -2.09. The number of aliphatic hydroxyl groups is 1. The van der Waals surface area contributed by atoms with Crippen molar-refractivity contribution in [2.45, 2.75) is 26.8 Å². The Hall–Kier alpha value is -2.31. The number of halogens is 4. The molecule has 182 valence electrons. The lowest BCUT2D eigenvalue weighted by atomic mass is 10.3. The maximum atomic E-state index is 8.52. The highest BCUT2D eigenvalue weighted by atomic mass is 35.5. The minimum absolute atomic E-state index is 0.0728. The zero-order valence-corrected chi connectivity index (χ0v) is 21.1. The molecule has 1 aromatic carbocycles. The molecule has 6 N–H and O–H groups in total. The lowest BCUT2D eigenvalue weighted by Crippen LogP contribution is -2.14. The number of aromatic amines is 1. The van der Waals surface area contributed by atoms with E-state index in [2.05, 4.69) is 40.8 Å². The second-order valence-corrected chi connectivity index (χ2v) is 7.78. The van der Waals surface area contributed by atoms with E-state index in [4.69, 9.17) is 62.0 Å². The van der Waals surface area contributed by atoms with Crippen LogP contribution in [0.25, 0.3) is 0 Å². The van der Waals surface area contributed by atoms with Gasteiger partial charge in [-0.25, -0.2) is 10.1 Å². The summed E-state index contributed by atoms with van der Waals surface area (Å²) in [5.41, 5.74) is 5.05. The van der Waals surface area contributed by atoms with Crippen LogP contribution in [0.3, 0.4) is 0 Å². The fourth-order valence-corrected chi connectivity index (χ4v) is 2.65. The molecule has 0 saturated heterocycles. The quantitative estimate of drug-likeness (QED) is 0.275. The first kappa shape index (κ1) is 28.7. The molecule has 33 heavy (non-hydrogen) atoms. The van der Waals surface area contributed by atoms with Gasteiger partial charge in [0.1, 0.15) is 18.7 Å². The van der Waals surface area contributed by atoms with Crippen LogP contribution in [0.2, 0.25) is 20.4 Å². The molecule has 2 aromatic heterocycles. The van der Waals surface area contributed by atoms with E-state index in [-0.39, 0.29) is 24.5 Å². The van der Waals surface area contributed by atoms with Gasteiger partial charge in [0.05, 0.1) is 21.7 Å². The molecule has 15 heteroatoms. The SMILES string of the molecule is CCNc1nc(Cl)nc(NC(C)C)n1.Nc1ncn[nH]1.OCCOc1cc(Cl)c(Cl)cc1Cl. The first-order valence-electron chi connectivity index (χ1n) is 9.57. The Morgan fingerprint density at radius 1 is 1.06 bits per heavy atom. The van der Waals surface area contributed by atoms with Gasteiger partial charge in [0.2, 0.25) is 23.1 Å². The Labute approximate surface area is 211 Å². The topological polar surface area (TPSA) is 160 Å². The molecule has 0 aliphatic heterocycles. The second kappa shape index (κ2) is 15.5. The minimum atomic E-state index is -0.0728. The summed E-state index contributed by atoms with van der Waals surface area (Å²) < 4.78 is 5.10. The zero-order chi connectivity index (χ0) is 24.8. The van der Waals surface area contributed by atoms with Crippen molar-refractivity contribution in [3.05, 3.63) is 38.8 Å². The summed E-state index contributed by atoms with van der Waals surface area (Å²) in [5, 5.41) is 21.7. The molecule has 0 spiro atoms. The number of nitrogens with one attached hydrogen (secondary N) is 3. The first-order chi connectivity index (χ1) is 15.7. The van der Waals surface area contributed by atoms with Gasteiger partial charge in [-0.15, -0.1) is 0 Å². The molecule has 0 aliphatic carbocycles. The molecule has 3 aromatic rings. The number of nitrogens with zero attached hydrogens (tertiary/aromatic N) is 5. The van der Waals surface area contributed by atoms with Gasteiger partial charge in [0.15, 0.2) is 0 Å². The summed E-state index contributed by atoms with van der Waals surface area (Å²) >= 11 is 22.9. The van der Waals surface area contributed by atoms with Crippen LogP contribution in [0.4, 0.5) is 17.8 Å². The molecular formula is C18H25Cl4N9O2. The number of aromatic nitrogens is 6. The van der Waals surface area contributed by atoms with Crippen LogP contribution >= 0.6 is 46.4 Å². The molecule has 0 atom stereocenters. The smallest absolute Gasteiger partial charge is 0.228 e. The fourth-order valence-electron chi connectivity index (χ4n) is 1.90. The predicted octanol–water partition coefficient (Wildman–Crippen LogP) is 4.18. The van der Waals surface area contributed by atoms with E-state index in [1.807, 2.05) is 20.8 Å². The van der Waals surface area contributed by atoms with Gasteiger partial charge in [-0.2, -0.15) is 20.1 Å². The number of aliphatic hydroxyl groups excluding tert-OH is 1. The fraction of sp³-hybridized carbons (Fsp3) is 0.389. The van der Waals surface area contributed by atoms with Crippen molar-refractivity contribution in [1.82, 2.24) is 30.1 Å². The first-order valence-corrected chi connectivity index (χ1v) is 11.1. The number of ether oxygens (including phenoxy) is 1. The molecule has 11 nitrogen and oxygen atoms in total. The van der Waals surface area contributed by atoms with Crippen molar-refractivity contribution in [2.24, 2.45) is 0 Å². The highest BCUT2D eigenvalue weighted by Crippen LogP contribution is 2.33. The van der Waals surface area contributed by atoms with Gasteiger partial charge >= 0.3 is 0 Å². The largest absolute Gasteiger partial charge is 0.490 e. The minimum Gasteiger partial charge on any atom is -0.490 e. The van der Waals surface area contributed by atoms with Crippen LogP contribution in [0.1, 0.15) is 20.8 Å². The van der Waals surface area contributed by atoms with Gasteiger partial charge in [0.25, 0.3) is 0 Å². The van der Waals surface area contributed by atoms with E-state index in [0.29, 0.717) is 38.7 Å². The highest BCUT2D eigenvalue weighted by Gasteiger charge is 2.06. The summed E-state index contributed by atoms with van der Waals surface area (Å²) in [7, 11) is 0. The summed E-state index contributed by atoms with van der Waals surface area (Å²) in [6.07, 6.45) is 1.36. The van der Waals surface area contributed by atoms with Gasteiger partial charge in [-0.1, -0.05) is 34.8 Å². The molecule has 0 saturated carbocycles. The number of H-pyrrole nitrogens is 1. The van der Waals surface area contributed by atoms with E-state index >= 15 is 0 Å². The predicted molar refractivity (Wildman–Crippen MR) is 133 cm³/mol. The lowest BCUT2D eigenvalue weighted by molar-refractivity contribution is 0.201. The van der Waals surface area contributed by atoms with Gasteiger partial charge in [-0.05, 0) is 38.4 Å². The van der Waals surface area contributed by atoms with E-state index in [0.717, 1.165) is 6.54 Å². The van der Waals surface area contributed by atoms with Gasteiger partial charge < -0.3 is 26.2 Å². The average molecular weight is 541 g/mol. The number of nitrogens with two attached hydrogens (primary N) is 1. The van der Waals surface area contributed by atoms with Crippen molar-refractivity contribution >= 4 is 64.2 Å². The molecule has 3 rings (SSSR count). The zero-order valence-electron chi connectivity index (χ0n) is 18.1. The maximum Gasteiger partial charge on any atom is 0.228 e. The Kier molecular flexibility index (Phi) is 13.5. The van der Waals surface area contributed by atoms with Crippen molar-refractivity contribution in [3.8, 4) is 5.75 Å². The number of anilines is 3. The van der Waals surface area contributed by atoms with Crippen LogP contribution < -0.4 is 21.1 Å². The second-order valence-electron chi connectivity index (χ2n) is 6.22. The number of nitrogen functional groups attached to an aromatic ring is 1. The van der Waals surface area contributed by atoms with Crippen LogP contribution in [-0.4, -0.2) is 61.0 Å². The Morgan fingerprint density at radius 3 is 2.24 bits per heavy atom. The van der Waals surface area contributed by atoms with Crippen LogP contribution in [0.5, 0.6) is 5.75 Å². The number of hydrogen-bond acceptors (Lipinski definition) is 10. The summed E-state index contributed by atoms with van der Waals surface area (Å²) in [4.78, 5) is 15.5. The highest BCUT2D eigenvalue weighted by molar-refractivity contribution is 6.43. The summed E-state index contributed by atoms with van der Waals surface area (Å²) in [6.45, 7) is 6.83. The third-order valence-electron chi connectivity index (χ3n) is 3.12. The van der Waals surface area contributed by atoms with Crippen molar-refractivity contribution in [1.29, 1.82) is 0 Å². The molecule has 0 amide bonds. The van der Waals surface area contributed by atoms with Crippen molar-refractivity contribution in [2.75, 3.05) is 36.1 Å². The van der Waals surface area contributed by atoms with E-state index in [1.165, 1.54) is 18.5 Å². The average Bonchev–Trinajstić information content (AvgIpc) is 3.21. The molecular weight excluding hydrogens is 516 g/mol. The van der Waals surface area contributed by atoms with Crippen LogP contribution in [0, 0.1) is 0 Å². The van der Waals surface area contributed by atoms with Crippen LogP contribution in [-0.2, 0) is 0 Å². The van der Waals surface area contributed by atoms with Crippen molar-refractivity contribution < 1.29 is 9.84 Å². The number of benzene rings is 1. The maximum absolute atomic E-state index is 8.52. The van der Waals surface area contributed by atoms with E-state index < -0.39 is 0 Å². The molecule has 0 aliphatic rings. The standard InChI is InChI=1S/C8H7Cl3O2.C8H14ClN5.C2H4N4/c9-5-3-7(11)8(4-6(5)10)13-2-1-12;1-4-10-7-12-6(9)13-8(14-7)11-5(2)3;3-2-4-1-5-6-2/h3-4,12H,1-2H2;5H,4H2,1-3H3,(H2,10,11,12,13,14);1H,(H3,3,4,5,6). The van der Waals surface area contributed by atoms with Crippen molar-refractivity contribution in [3.63, 3.8) is 0 Å². The molecule has 0 unspecified atom stereocenters. The van der Waals surface area contributed by atoms with Gasteiger partial charge in [-0.3, -0.25) is 0 Å². The monoisotopic (exact) mass is 539 g/mol. The molecule has 0 fully saturated rings. The number of rotatable bonds is 7. The Balaban J connectivity index is 0.000000265. The van der Waals surface area contributed by atoms with Gasteiger partial charge in [0, 0.05) is 18.7 Å². The third kappa shape index (κ3) is 11.9. The van der Waals surface area contributed by atoms with Crippen LogP contribution in [0.15, 0.2) is 18.5 Å². The Bertz CT molecular complexity index is 962. The number of hydrogen-bond donors (Lipinski definition) is 5. The molecule has 0 radical (unpaired) electrons. The Morgan fingerprint density at radius 2 is 1.73 bits per heavy atom. The molecule has 2 heterocycles.